The highest BCUT2D eigenvalue weighted by Crippen LogP contribution is 2.21. The smallest absolute Gasteiger partial charge is 0.126 e. The lowest BCUT2D eigenvalue weighted by molar-refractivity contribution is 0.425. The van der Waals surface area contributed by atoms with Gasteiger partial charge in [-0.2, -0.15) is 0 Å². The van der Waals surface area contributed by atoms with Gasteiger partial charge in [-0.15, -0.1) is 0 Å². The lowest BCUT2D eigenvalue weighted by Gasteiger charge is -2.21. The molecule has 0 aliphatic carbocycles. The van der Waals surface area contributed by atoms with Gasteiger partial charge in [0, 0.05) is 24.0 Å². The third-order valence-corrected chi connectivity index (χ3v) is 3.30. The predicted molar refractivity (Wildman–Crippen MR) is 91.7 cm³/mol. The number of rotatable bonds is 5. The zero-order chi connectivity index (χ0) is 15.5. The van der Waals surface area contributed by atoms with E-state index in [-0.39, 0.29) is 5.54 Å². The summed E-state index contributed by atoms with van der Waals surface area (Å²) in [5, 5.41) is 8.23. The van der Waals surface area contributed by atoms with Crippen LogP contribution in [0.1, 0.15) is 40.2 Å². The highest BCUT2D eigenvalue weighted by molar-refractivity contribution is 5.84. The second kappa shape index (κ2) is 6.44. The van der Waals surface area contributed by atoms with Crippen molar-refractivity contribution in [1.82, 2.24) is 10.3 Å². The molecule has 0 radical (unpaired) electrons. The fourth-order valence-electron chi connectivity index (χ4n) is 2.15. The predicted octanol–water partition coefficient (Wildman–Crippen LogP) is 4.19. The zero-order valence-electron chi connectivity index (χ0n) is 13.8. The van der Waals surface area contributed by atoms with Crippen molar-refractivity contribution in [3.63, 3.8) is 0 Å². The molecule has 0 saturated heterocycles. The molecule has 0 spiro atoms. The van der Waals surface area contributed by atoms with Crippen LogP contribution < -0.4 is 10.6 Å². The van der Waals surface area contributed by atoms with Crippen LogP contribution in [0.15, 0.2) is 30.3 Å². The number of aromatic nitrogens is 1. The molecular formula is C18H27N3. The second-order valence-electron chi connectivity index (χ2n) is 7.06. The van der Waals surface area contributed by atoms with Gasteiger partial charge in [-0.3, -0.25) is 0 Å². The molecule has 3 heteroatoms. The van der Waals surface area contributed by atoms with Gasteiger partial charge in [0.25, 0.3) is 0 Å². The van der Waals surface area contributed by atoms with E-state index in [4.69, 9.17) is 4.98 Å². The SMILES string of the molecule is CC(C)CNc1cc(CNC(C)(C)C)c2ccccc2n1. The fraction of sp³-hybridized carbons (Fsp3) is 0.500. The molecule has 1 aromatic carbocycles. The molecule has 1 aromatic heterocycles. The van der Waals surface area contributed by atoms with Gasteiger partial charge >= 0.3 is 0 Å². The standard InChI is InChI=1S/C18H27N3/c1-13(2)11-19-17-10-14(12-20-18(3,4)5)15-8-6-7-9-16(15)21-17/h6-10,13,20H,11-12H2,1-5H3,(H,19,21). The van der Waals surface area contributed by atoms with E-state index < -0.39 is 0 Å². The highest BCUT2D eigenvalue weighted by atomic mass is 15.0. The maximum absolute atomic E-state index is 4.71. The van der Waals surface area contributed by atoms with Gasteiger partial charge in [-0.05, 0) is 44.4 Å². The van der Waals surface area contributed by atoms with Gasteiger partial charge in [-0.25, -0.2) is 4.98 Å². The Labute approximate surface area is 128 Å². The Morgan fingerprint density at radius 3 is 2.52 bits per heavy atom. The maximum Gasteiger partial charge on any atom is 0.126 e. The van der Waals surface area contributed by atoms with E-state index in [0.29, 0.717) is 5.92 Å². The van der Waals surface area contributed by atoms with Crippen LogP contribution in [0.2, 0.25) is 0 Å². The Hall–Kier alpha value is -1.61. The third-order valence-electron chi connectivity index (χ3n) is 3.30. The molecule has 0 fully saturated rings. The quantitative estimate of drug-likeness (QED) is 0.865. The van der Waals surface area contributed by atoms with Crippen LogP contribution in [0.25, 0.3) is 10.9 Å². The van der Waals surface area contributed by atoms with E-state index in [1.54, 1.807) is 0 Å². The Morgan fingerprint density at radius 1 is 1.14 bits per heavy atom. The highest BCUT2D eigenvalue weighted by Gasteiger charge is 2.11. The molecule has 0 bridgehead atoms. The van der Waals surface area contributed by atoms with Crippen molar-refractivity contribution in [2.75, 3.05) is 11.9 Å². The molecule has 1 heterocycles. The molecule has 0 atom stereocenters. The minimum atomic E-state index is 0.107. The third kappa shape index (κ3) is 4.71. The Bertz CT molecular complexity index is 597. The van der Waals surface area contributed by atoms with Crippen LogP contribution in [0.3, 0.4) is 0 Å². The lowest BCUT2D eigenvalue weighted by atomic mass is 10.1. The first kappa shape index (κ1) is 15.8. The lowest BCUT2D eigenvalue weighted by Crippen LogP contribution is -2.35. The molecule has 0 amide bonds. The summed E-state index contributed by atoms with van der Waals surface area (Å²) in [5.74, 6) is 1.57. The van der Waals surface area contributed by atoms with Crippen LogP contribution >= 0.6 is 0 Å². The molecule has 114 valence electrons. The molecule has 2 N–H and O–H groups in total. The molecule has 21 heavy (non-hydrogen) atoms. The van der Waals surface area contributed by atoms with Gasteiger partial charge in [0.2, 0.25) is 0 Å². The van der Waals surface area contributed by atoms with Crippen molar-refractivity contribution >= 4 is 16.7 Å². The van der Waals surface area contributed by atoms with Crippen LogP contribution in [-0.2, 0) is 6.54 Å². The number of benzene rings is 1. The van der Waals surface area contributed by atoms with E-state index in [2.05, 4.69) is 69.5 Å². The van der Waals surface area contributed by atoms with Gasteiger partial charge in [0.1, 0.15) is 5.82 Å². The zero-order valence-corrected chi connectivity index (χ0v) is 13.8. The molecule has 3 nitrogen and oxygen atoms in total. The summed E-state index contributed by atoms with van der Waals surface area (Å²) in [6.45, 7) is 12.8. The molecule has 0 aliphatic rings. The van der Waals surface area contributed by atoms with E-state index in [1.807, 2.05) is 6.07 Å². The minimum Gasteiger partial charge on any atom is -0.370 e. The van der Waals surface area contributed by atoms with Gasteiger partial charge in [0.05, 0.1) is 5.52 Å². The topological polar surface area (TPSA) is 37.0 Å². The molecule has 2 rings (SSSR count). The first-order chi connectivity index (χ1) is 9.85. The van der Waals surface area contributed by atoms with Crippen molar-refractivity contribution in [2.45, 2.75) is 46.7 Å². The average molecular weight is 285 g/mol. The number of para-hydroxylation sites is 1. The number of fused-ring (bicyclic) bond motifs is 1. The number of pyridine rings is 1. The Balaban J connectivity index is 2.31. The van der Waals surface area contributed by atoms with Gasteiger partial charge in [0.15, 0.2) is 0 Å². The number of hydrogen-bond acceptors (Lipinski definition) is 3. The summed E-state index contributed by atoms with van der Waals surface area (Å²) >= 11 is 0. The summed E-state index contributed by atoms with van der Waals surface area (Å²) in [6, 6.07) is 10.5. The van der Waals surface area contributed by atoms with Crippen molar-refractivity contribution in [1.29, 1.82) is 0 Å². The van der Waals surface area contributed by atoms with E-state index in [0.717, 1.165) is 24.4 Å². The summed E-state index contributed by atoms with van der Waals surface area (Å²) in [5.41, 5.74) is 2.45. The monoisotopic (exact) mass is 285 g/mol. The largest absolute Gasteiger partial charge is 0.370 e. The van der Waals surface area contributed by atoms with E-state index >= 15 is 0 Å². The van der Waals surface area contributed by atoms with Gasteiger partial charge < -0.3 is 10.6 Å². The second-order valence-corrected chi connectivity index (χ2v) is 7.06. The summed E-state index contributed by atoms with van der Waals surface area (Å²) in [4.78, 5) is 4.71. The van der Waals surface area contributed by atoms with Crippen LogP contribution in [-0.4, -0.2) is 17.1 Å². The molecule has 0 unspecified atom stereocenters. The van der Waals surface area contributed by atoms with Crippen molar-refractivity contribution < 1.29 is 0 Å². The van der Waals surface area contributed by atoms with Crippen molar-refractivity contribution in [3.8, 4) is 0 Å². The van der Waals surface area contributed by atoms with Crippen LogP contribution in [0, 0.1) is 5.92 Å². The Morgan fingerprint density at radius 2 is 1.86 bits per heavy atom. The minimum absolute atomic E-state index is 0.107. The molecule has 0 saturated carbocycles. The molecule has 2 aromatic rings. The van der Waals surface area contributed by atoms with Crippen LogP contribution in [0.4, 0.5) is 5.82 Å². The summed E-state index contributed by atoms with van der Waals surface area (Å²) in [7, 11) is 0. The van der Waals surface area contributed by atoms with Gasteiger partial charge in [-0.1, -0.05) is 32.0 Å². The number of hydrogen-bond donors (Lipinski definition) is 2. The normalized spacial score (nSPS) is 12.1. The maximum atomic E-state index is 4.71. The van der Waals surface area contributed by atoms with Crippen molar-refractivity contribution in [2.24, 2.45) is 5.92 Å². The number of nitrogens with zero attached hydrogens (tertiary/aromatic N) is 1. The van der Waals surface area contributed by atoms with Crippen LogP contribution in [0.5, 0.6) is 0 Å². The van der Waals surface area contributed by atoms with E-state index in [1.165, 1.54) is 10.9 Å². The average Bonchev–Trinajstić information content (AvgIpc) is 2.41. The Kier molecular flexibility index (Phi) is 4.84. The first-order valence-corrected chi connectivity index (χ1v) is 7.73. The summed E-state index contributed by atoms with van der Waals surface area (Å²) < 4.78 is 0. The molecule has 0 aliphatic heterocycles. The fourth-order valence-corrected chi connectivity index (χ4v) is 2.15. The first-order valence-electron chi connectivity index (χ1n) is 7.73. The number of nitrogens with one attached hydrogen (secondary N) is 2. The summed E-state index contributed by atoms with van der Waals surface area (Å²) in [6.07, 6.45) is 0. The number of anilines is 1. The molecular weight excluding hydrogens is 258 g/mol. The van der Waals surface area contributed by atoms with E-state index in [9.17, 15) is 0 Å². The van der Waals surface area contributed by atoms with Crippen molar-refractivity contribution in [3.05, 3.63) is 35.9 Å².